The molecule has 4 nitrogen and oxygen atoms in total. The highest BCUT2D eigenvalue weighted by Crippen LogP contribution is 2.30. The monoisotopic (exact) mass is 301 g/mol. The van der Waals surface area contributed by atoms with Gasteiger partial charge in [0.1, 0.15) is 0 Å². The lowest BCUT2D eigenvalue weighted by atomic mass is 10.1. The Hall–Kier alpha value is -1.42. The second-order valence-electron chi connectivity index (χ2n) is 6.94. The molecule has 0 radical (unpaired) electrons. The Labute approximate surface area is 133 Å². The van der Waals surface area contributed by atoms with E-state index in [-0.39, 0.29) is 0 Å². The smallest absolute Gasteiger partial charge is 0.222 e. The highest BCUT2D eigenvalue weighted by molar-refractivity contribution is 5.76. The van der Waals surface area contributed by atoms with Gasteiger partial charge in [-0.3, -0.25) is 9.78 Å². The van der Waals surface area contributed by atoms with Crippen LogP contribution in [0.3, 0.4) is 0 Å². The molecule has 1 aromatic rings. The van der Waals surface area contributed by atoms with Crippen molar-refractivity contribution in [3.63, 3.8) is 0 Å². The Kier molecular flexibility index (Phi) is 4.77. The lowest BCUT2D eigenvalue weighted by Crippen LogP contribution is -2.33. The van der Waals surface area contributed by atoms with Crippen LogP contribution in [0.5, 0.6) is 0 Å². The lowest BCUT2D eigenvalue weighted by molar-refractivity contribution is -0.130. The summed E-state index contributed by atoms with van der Waals surface area (Å²) in [6.45, 7) is 6.92. The van der Waals surface area contributed by atoms with E-state index in [0.29, 0.717) is 18.4 Å². The van der Waals surface area contributed by atoms with Gasteiger partial charge in [0.25, 0.3) is 0 Å². The third kappa shape index (κ3) is 4.07. The summed E-state index contributed by atoms with van der Waals surface area (Å²) >= 11 is 0. The van der Waals surface area contributed by atoms with Crippen molar-refractivity contribution in [1.29, 1.82) is 0 Å². The molecule has 0 aromatic carbocycles. The predicted molar refractivity (Wildman–Crippen MR) is 87.5 cm³/mol. The third-order valence-corrected chi connectivity index (χ3v) is 4.92. The second-order valence-corrected chi connectivity index (χ2v) is 6.94. The molecule has 1 saturated carbocycles. The third-order valence-electron chi connectivity index (χ3n) is 4.92. The van der Waals surface area contributed by atoms with Crippen LogP contribution in [0.4, 0.5) is 0 Å². The fourth-order valence-electron chi connectivity index (χ4n) is 3.21. The van der Waals surface area contributed by atoms with E-state index in [2.05, 4.69) is 28.2 Å². The number of carbonyl (C=O) groups excluding carboxylic acids is 1. The fourth-order valence-corrected chi connectivity index (χ4v) is 3.21. The van der Waals surface area contributed by atoms with Crippen molar-refractivity contribution in [3.8, 4) is 0 Å². The first-order valence-corrected chi connectivity index (χ1v) is 8.55. The van der Waals surface area contributed by atoms with E-state index in [4.69, 9.17) is 0 Å². The number of likely N-dealkylation sites (tertiary alicyclic amines) is 1. The van der Waals surface area contributed by atoms with Crippen molar-refractivity contribution in [3.05, 3.63) is 29.1 Å². The van der Waals surface area contributed by atoms with Gasteiger partial charge in [-0.05, 0) is 62.6 Å². The minimum absolute atomic E-state index is 0.351. The summed E-state index contributed by atoms with van der Waals surface area (Å²) < 4.78 is 0. The Morgan fingerprint density at radius 1 is 1.27 bits per heavy atom. The molecule has 1 N–H and O–H groups in total. The minimum atomic E-state index is 0.351. The number of pyridine rings is 1. The summed E-state index contributed by atoms with van der Waals surface area (Å²) in [6.07, 6.45) is 7.31. The molecular weight excluding hydrogens is 274 g/mol. The van der Waals surface area contributed by atoms with E-state index in [1.807, 2.05) is 13.1 Å². The van der Waals surface area contributed by atoms with Gasteiger partial charge in [0.2, 0.25) is 5.91 Å². The van der Waals surface area contributed by atoms with Crippen molar-refractivity contribution in [2.75, 3.05) is 13.1 Å². The van der Waals surface area contributed by atoms with Crippen LogP contribution in [0.2, 0.25) is 0 Å². The van der Waals surface area contributed by atoms with Crippen LogP contribution >= 0.6 is 0 Å². The van der Waals surface area contributed by atoms with E-state index in [1.165, 1.54) is 24.0 Å². The van der Waals surface area contributed by atoms with Gasteiger partial charge in [0.15, 0.2) is 0 Å². The summed E-state index contributed by atoms with van der Waals surface area (Å²) in [5, 5.41) is 3.63. The van der Waals surface area contributed by atoms with Gasteiger partial charge in [-0.15, -0.1) is 0 Å². The molecule has 2 heterocycles. The molecule has 4 heteroatoms. The first kappa shape index (κ1) is 15.5. The SMILES string of the molecule is Cc1cc(C)c(CN[C@H]2CCC(=O)N(CC3CC3)CC2)cn1. The largest absolute Gasteiger partial charge is 0.342 e. The van der Waals surface area contributed by atoms with Gasteiger partial charge in [0.05, 0.1) is 0 Å². The Balaban J connectivity index is 1.51. The fraction of sp³-hybridized carbons (Fsp3) is 0.667. The average Bonchev–Trinajstić information content (AvgIpc) is 3.30. The van der Waals surface area contributed by atoms with Crippen LogP contribution < -0.4 is 5.32 Å². The first-order valence-electron chi connectivity index (χ1n) is 8.55. The molecule has 2 aliphatic rings. The van der Waals surface area contributed by atoms with Crippen LogP contribution in [0.15, 0.2) is 12.3 Å². The highest BCUT2D eigenvalue weighted by Gasteiger charge is 2.29. The molecule has 1 amide bonds. The van der Waals surface area contributed by atoms with E-state index in [0.717, 1.165) is 44.1 Å². The van der Waals surface area contributed by atoms with Gasteiger partial charge in [0, 0.05) is 44.0 Å². The maximum absolute atomic E-state index is 12.2. The van der Waals surface area contributed by atoms with Crippen LogP contribution in [-0.2, 0) is 11.3 Å². The normalized spacial score (nSPS) is 22.7. The molecule has 120 valence electrons. The van der Waals surface area contributed by atoms with Crippen molar-refractivity contribution >= 4 is 5.91 Å². The number of carbonyl (C=O) groups is 1. The standard InChI is InChI=1S/C18H27N3O/c1-13-9-14(2)19-10-16(13)11-20-17-5-6-18(22)21(8-7-17)12-15-3-4-15/h9-10,15,17,20H,3-8,11-12H2,1-2H3/t17-/m0/s1. The number of amides is 1. The lowest BCUT2D eigenvalue weighted by Gasteiger charge is -2.21. The van der Waals surface area contributed by atoms with Crippen LogP contribution in [-0.4, -0.2) is 34.9 Å². The molecule has 3 rings (SSSR count). The Morgan fingerprint density at radius 3 is 2.82 bits per heavy atom. The number of nitrogens with zero attached hydrogens (tertiary/aromatic N) is 2. The molecule has 1 aromatic heterocycles. The molecular formula is C18H27N3O. The van der Waals surface area contributed by atoms with Crippen molar-refractivity contribution in [2.45, 2.75) is 58.5 Å². The number of aryl methyl sites for hydroxylation is 2. The topological polar surface area (TPSA) is 45.2 Å². The van der Waals surface area contributed by atoms with Crippen LogP contribution in [0.25, 0.3) is 0 Å². The summed E-state index contributed by atoms with van der Waals surface area (Å²) in [5.41, 5.74) is 3.62. The minimum Gasteiger partial charge on any atom is -0.342 e. The summed E-state index contributed by atoms with van der Waals surface area (Å²) in [6, 6.07) is 2.57. The molecule has 0 unspecified atom stereocenters. The molecule has 1 aliphatic carbocycles. The summed E-state index contributed by atoms with van der Waals surface area (Å²) in [4.78, 5) is 18.7. The van der Waals surface area contributed by atoms with Gasteiger partial charge in [-0.2, -0.15) is 0 Å². The van der Waals surface area contributed by atoms with Gasteiger partial charge >= 0.3 is 0 Å². The average molecular weight is 301 g/mol. The van der Waals surface area contributed by atoms with Crippen LogP contribution in [0, 0.1) is 19.8 Å². The molecule has 2 fully saturated rings. The second kappa shape index (κ2) is 6.78. The zero-order chi connectivity index (χ0) is 15.5. The maximum atomic E-state index is 12.2. The quantitative estimate of drug-likeness (QED) is 0.909. The maximum Gasteiger partial charge on any atom is 0.222 e. The molecule has 0 bridgehead atoms. The van der Waals surface area contributed by atoms with E-state index in [1.54, 1.807) is 0 Å². The number of rotatable bonds is 5. The zero-order valence-corrected chi connectivity index (χ0v) is 13.8. The number of hydrogen-bond acceptors (Lipinski definition) is 3. The molecule has 22 heavy (non-hydrogen) atoms. The number of hydrogen-bond donors (Lipinski definition) is 1. The molecule has 1 atom stereocenters. The summed E-state index contributed by atoms with van der Waals surface area (Å²) in [5.74, 6) is 1.14. The van der Waals surface area contributed by atoms with Crippen molar-refractivity contribution in [2.24, 2.45) is 5.92 Å². The van der Waals surface area contributed by atoms with E-state index >= 15 is 0 Å². The van der Waals surface area contributed by atoms with Gasteiger partial charge in [-0.1, -0.05) is 0 Å². The predicted octanol–water partition coefficient (Wildman–Crippen LogP) is 2.58. The van der Waals surface area contributed by atoms with E-state index in [9.17, 15) is 4.79 Å². The van der Waals surface area contributed by atoms with Crippen molar-refractivity contribution in [1.82, 2.24) is 15.2 Å². The van der Waals surface area contributed by atoms with E-state index < -0.39 is 0 Å². The number of nitrogens with one attached hydrogen (secondary N) is 1. The highest BCUT2D eigenvalue weighted by atomic mass is 16.2. The number of aromatic nitrogens is 1. The first-order chi connectivity index (χ1) is 10.6. The Morgan fingerprint density at radius 2 is 2.09 bits per heavy atom. The molecule has 1 aliphatic heterocycles. The zero-order valence-electron chi connectivity index (χ0n) is 13.8. The Bertz CT molecular complexity index is 539. The van der Waals surface area contributed by atoms with Gasteiger partial charge < -0.3 is 10.2 Å². The summed E-state index contributed by atoms with van der Waals surface area (Å²) in [7, 11) is 0. The molecule has 0 spiro atoms. The van der Waals surface area contributed by atoms with Crippen molar-refractivity contribution < 1.29 is 4.79 Å². The molecule has 1 saturated heterocycles. The van der Waals surface area contributed by atoms with Crippen LogP contribution in [0.1, 0.15) is 48.9 Å². The van der Waals surface area contributed by atoms with Gasteiger partial charge in [-0.25, -0.2) is 0 Å².